The van der Waals surface area contributed by atoms with E-state index in [1.807, 2.05) is 27.7 Å². The maximum absolute atomic E-state index is 14.4. The van der Waals surface area contributed by atoms with E-state index in [0.29, 0.717) is 37.9 Å². The van der Waals surface area contributed by atoms with Crippen LogP contribution in [0.15, 0.2) is 24.5 Å². The summed E-state index contributed by atoms with van der Waals surface area (Å²) in [5.74, 6) is 0.500. The topological polar surface area (TPSA) is 141 Å². The van der Waals surface area contributed by atoms with Crippen LogP contribution in [0.25, 0.3) is 0 Å². The lowest BCUT2D eigenvalue weighted by molar-refractivity contribution is -0.0412. The number of nitrogens with two attached hydrogens (primary N) is 1. The first kappa shape index (κ1) is 36.6. The average Bonchev–Trinajstić information content (AvgIpc) is 3.67. The second-order valence-electron chi connectivity index (χ2n) is 14.3. The van der Waals surface area contributed by atoms with Gasteiger partial charge in [-0.25, -0.2) is 9.37 Å². The molecule has 0 aliphatic carbocycles. The van der Waals surface area contributed by atoms with Gasteiger partial charge in [-0.15, -0.1) is 22.6 Å². The van der Waals surface area contributed by atoms with E-state index in [9.17, 15) is 17.6 Å². The summed E-state index contributed by atoms with van der Waals surface area (Å²) in [6, 6.07) is 3.69. The van der Waals surface area contributed by atoms with Crippen molar-refractivity contribution in [3.63, 3.8) is 0 Å². The van der Waals surface area contributed by atoms with Gasteiger partial charge in [0.1, 0.15) is 17.9 Å². The largest absolute Gasteiger partial charge is 0.434 e. The predicted molar refractivity (Wildman–Crippen MR) is 183 cm³/mol. The maximum atomic E-state index is 14.4. The third kappa shape index (κ3) is 7.55. The Kier molecular flexibility index (Phi) is 11.2. The normalized spacial score (nSPS) is 23.5. The lowest BCUT2D eigenvalue weighted by Crippen LogP contribution is -2.62. The first-order valence-electron chi connectivity index (χ1n) is 16.8. The number of piperidine rings is 1. The number of likely N-dealkylation sites (tertiary alicyclic amines) is 1. The van der Waals surface area contributed by atoms with E-state index >= 15 is 0 Å². The predicted octanol–water partition coefficient (Wildman–Crippen LogP) is 2.99. The van der Waals surface area contributed by atoms with Gasteiger partial charge < -0.3 is 25.2 Å². The maximum Gasteiger partial charge on any atom is 0.282 e. The summed E-state index contributed by atoms with van der Waals surface area (Å²) in [5, 5.41) is 8.16. The molecular formula is C32H49ClFN9O4S. The Labute approximate surface area is 289 Å². The lowest BCUT2D eigenvalue weighted by atomic mass is 9.72. The monoisotopic (exact) mass is 709 g/mol. The minimum absolute atomic E-state index is 0. The average molecular weight is 710 g/mol. The fourth-order valence-corrected chi connectivity index (χ4v) is 9.50. The van der Waals surface area contributed by atoms with E-state index in [4.69, 9.17) is 10.5 Å². The van der Waals surface area contributed by atoms with E-state index in [-0.39, 0.29) is 59.0 Å². The molecule has 5 heterocycles. The van der Waals surface area contributed by atoms with Crippen molar-refractivity contribution >= 4 is 34.3 Å². The fraction of sp³-hybridized carbons (Fsp3) is 0.688. The molecule has 266 valence electrons. The third-order valence-corrected chi connectivity index (χ3v) is 12.1. The fourth-order valence-electron chi connectivity index (χ4n) is 7.81. The zero-order valence-corrected chi connectivity index (χ0v) is 29.9. The van der Waals surface area contributed by atoms with Crippen molar-refractivity contribution in [2.75, 3.05) is 63.8 Å². The molecule has 48 heavy (non-hydrogen) atoms. The number of halogens is 2. The molecule has 0 radical (unpaired) electrons. The molecule has 1 aromatic heterocycles. The zero-order valence-electron chi connectivity index (χ0n) is 28.3. The molecule has 4 saturated heterocycles. The number of rotatable bonds is 10. The van der Waals surface area contributed by atoms with Crippen molar-refractivity contribution < 1.29 is 22.3 Å². The van der Waals surface area contributed by atoms with Crippen molar-refractivity contribution in [2.24, 2.45) is 17.1 Å². The Bertz CT molecular complexity index is 1540. The smallest absolute Gasteiger partial charge is 0.282 e. The van der Waals surface area contributed by atoms with Gasteiger partial charge in [-0.1, -0.05) is 0 Å². The molecule has 2 N–H and O–H groups in total. The minimum Gasteiger partial charge on any atom is -0.434 e. The Morgan fingerprint density at radius 3 is 2.42 bits per heavy atom. The van der Waals surface area contributed by atoms with Crippen LogP contribution in [-0.2, 0) is 10.2 Å². The van der Waals surface area contributed by atoms with Gasteiger partial charge >= 0.3 is 0 Å². The summed E-state index contributed by atoms with van der Waals surface area (Å²) in [7, 11) is -3.43. The molecule has 2 atom stereocenters. The van der Waals surface area contributed by atoms with Crippen molar-refractivity contribution in [1.29, 1.82) is 0 Å². The number of ether oxygens (including phenoxy) is 1. The first-order chi connectivity index (χ1) is 22.3. The van der Waals surface area contributed by atoms with Crippen molar-refractivity contribution in [2.45, 2.75) is 71.5 Å². The second kappa shape index (κ2) is 14.7. The number of hydrogen-bond acceptors (Lipinski definition) is 10. The summed E-state index contributed by atoms with van der Waals surface area (Å²) in [4.78, 5) is 24.3. The molecule has 16 heteroatoms. The van der Waals surface area contributed by atoms with Gasteiger partial charge in [0.05, 0.1) is 5.56 Å². The number of aromatic nitrogens is 3. The highest BCUT2D eigenvalue weighted by Gasteiger charge is 2.48. The molecule has 0 bridgehead atoms. The summed E-state index contributed by atoms with van der Waals surface area (Å²) in [5.41, 5.74) is 6.27. The molecule has 4 aliphatic heterocycles. The molecule has 1 aromatic carbocycles. The molecule has 4 fully saturated rings. The number of anilines is 1. The van der Waals surface area contributed by atoms with Crippen molar-refractivity contribution in [1.82, 2.24) is 33.6 Å². The van der Waals surface area contributed by atoms with Crippen LogP contribution in [0.2, 0.25) is 0 Å². The highest BCUT2D eigenvalue weighted by atomic mass is 35.5. The van der Waals surface area contributed by atoms with Crippen molar-refractivity contribution in [3.05, 3.63) is 35.9 Å². The van der Waals surface area contributed by atoms with Gasteiger partial charge in [0, 0.05) is 77.0 Å². The van der Waals surface area contributed by atoms with Gasteiger partial charge in [0.25, 0.3) is 22.0 Å². The van der Waals surface area contributed by atoms with Crippen molar-refractivity contribution in [3.8, 4) is 11.6 Å². The van der Waals surface area contributed by atoms with Crippen LogP contribution in [0.5, 0.6) is 11.6 Å². The summed E-state index contributed by atoms with van der Waals surface area (Å²) in [6.07, 6.45) is 4.85. The van der Waals surface area contributed by atoms with Crippen LogP contribution in [0, 0.1) is 17.2 Å². The van der Waals surface area contributed by atoms with Crippen LogP contribution in [0.3, 0.4) is 0 Å². The molecule has 0 unspecified atom stereocenters. The molecule has 0 saturated carbocycles. The van der Waals surface area contributed by atoms with E-state index in [2.05, 4.69) is 25.0 Å². The standard InChI is InChI=1S/C32H48FN9O4S.ClH/c1-22(2)42(23(3)4)31(43)27-15-25(33)5-6-28(27)46-30-29(35-21-36-37-30)39-11-7-24(17-39)16-38-19-32(20-38)9-13-40(14-10-32)47(44,45)41-12-8-26(34)18-41;/h5-6,15,21-24,26H,7-14,16-20,34H2,1-4H3;1H/t24-,26+;/m0./s1. The Morgan fingerprint density at radius 2 is 1.77 bits per heavy atom. The highest BCUT2D eigenvalue weighted by Crippen LogP contribution is 2.42. The number of carbonyl (C=O) groups is 1. The van der Waals surface area contributed by atoms with Crippen LogP contribution in [0.4, 0.5) is 10.2 Å². The van der Waals surface area contributed by atoms with E-state index < -0.39 is 16.0 Å². The van der Waals surface area contributed by atoms with E-state index in [0.717, 1.165) is 58.4 Å². The molecule has 6 rings (SSSR count). The molecule has 1 spiro atoms. The first-order valence-corrected chi connectivity index (χ1v) is 18.2. The van der Waals surface area contributed by atoms with Crippen LogP contribution in [-0.4, -0.2) is 125 Å². The van der Waals surface area contributed by atoms with Gasteiger partial charge in [-0.2, -0.15) is 17.0 Å². The number of amides is 1. The number of benzene rings is 1. The molecule has 13 nitrogen and oxygen atoms in total. The molecule has 1 amide bonds. The molecular weight excluding hydrogens is 661 g/mol. The minimum atomic E-state index is -3.43. The Hall–Kier alpha value is -2.69. The Morgan fingerprint density at radius 1 is 1.06 bits per heavy atom. The van der Waals surface area contributed by atoms with Crippen LogP contribution < -0.4 is 15.4 Å². The Balaban J connectivity index is 0.00000451. The number of carbonyl (C=O) groups excluding carboxylic acids is 1. The summed E-state index contributed by atoms with van der Waals surface area (Å²) < 4.78 is 49.9. The van der Waals surface area contributed by atoms with E-state index in [1.54, 1.807) is 13.5 Å². The van der Waals surface area contributed by atoms with Crippen LogP contribution in [0.1, 0.15) is 63.7 Å². The van der Waals surface area contributed by atoms with Gasteiger partial charge in [0.2, 0.25) is 0 Å². The summed E-state index contributed by atoms with van der Waals surface area (Å²) in [6.45, 7) is 14.2. The highest BCUT2D eigenvalue weighted by molar-refractivity contribution is 7.86. The molecule has 2 aromatic rings. The van der Waals surface area contributed by atoms with Crippen LogP contribution >= 0.6 is 12.4 Å². The molecule has 4 aliphatic rings. The number of hydrogen-bond donors (Lipinski definition) is 1. The quantitative estimate of drug-likeness (QED) is 0.392. The second-order valence-corrected chi connectivity index (χ2v) is 16.2. The SMILES string of the molecule is CC(C)N(C(=O)c1cc(F)ccc1Oc1nncnc1N1CC[C@@H](CN2CC3(CCN(S(=O)(=O)N4CC[C@@H](N)C4)CC3)C2)C1)C(C)C.Cl. The number of nitrogens with zero attached hydrogens (tertiary/aromatic N) is 8. The summed E-state index contributed by atoms with van der Waals surface area (Å²) >= 11 is 0. The van der Waals surface area contributed by atoms with Gasteiger partial charge in [-0.3, -0.25) is 4.79 Å². The van der Waals surface area contributed by atoms with Gasteiger partial charge in [0.15, 0.2) is 5.82 Å². The third-order valence-electron chi connectivity index (χ3n) is 10.1. The zero-order chi connectivity index (χ0) is 33.5. The van der Waals surface area contributed by atoms with Gasteiger partial charge in [-0.05, 0) is 82.9 Å². The lowest BCUT2D eigenvalue weighted by Gasteiger charge is -2.54. The van der Waals surface area contributed by atoms with E-state index in [1.165, 1.54) is 24.5 Å².